The van der Waals surface area contributed by atoms with Gasteiger partial charge in [-0.25, -0.2) is 22.4 Å². The summed E-state index contributed by atoms with van der Waals surface area (Å²) >= 11 is 0. The molecule has 0 N–H and O–H groups in total. The first kappa shape index (κ1) is 27.0. The quantitative estimate of drug-likeness (QED) is 0.192. The molecule has 3 aromatic rings. The Morgan fingerprint density at radius 1 is 0.923 bits per heavy atom. The van der Waals surface area contributed by atoms with Crippen molar-refractivity contribution in [2.45, 2.75) is 31.9 Å². The monoisotopic (exact) mass is 543 g/mol. The number of methoxy groups -OCH3 is 1. The van der Waals surface area contributed by atoms with E-state index >= 15 is 0 Å². The highest BCUT2D eigenvalue weighted by molar-refractivity contribution is 5.87. The van der Waals surface area contributed by atoms with E-state index in [4.69, 9.17) is 9.47 Å². The van der Waals surface area contributed by atoms with Crippen LogP contribution in [-0.2, 0) is 17.7 Å². The third kappa shape index (κ3) is 5.88. The number of fused-ring (bicyclic) bond motifs is 3. The molecule has 3 heterocycles. The predicted molar refractivity (Wildman–Crippen MR) is 138 cm³/mol. The van der Waals surface area contributed by atoms with Crippen LogP contribution in [0, 0.1) is 29.2 Å². The summed E-state index contributed by atoms with van der Waals surface area (Å²) in [5.41, 5.74) is 1.09. The molecule has 3 aromatic carbocycles. The fourth-order valence-corrected chi connectivity index (χ4v) is 5.82. The number of halogens is 4. The summed E-state index contributed by atoms with van der Waals surface area (Å²) in [7, 11) is 1.64. The molecule has 0 aromatic heterocycles. The van der Waals surface area contributed by atoms with Crippen LogP contribution < -0.4 is 9.64 Å². The summed E-state index contributed by atoms with van der Waals surface area (Å²) in [6.07, 6.45) is 1.52. The number of hydrogen-bond donors (Lipinski definition) is 0. The molecule has 206 valence electrons. The van der Waals surface area contributed by atoms with Crippen molar-refractivity contribution in [2.24, 2.45) is 5.92 Å². The van der Waals surface area contributed by atoms with Crippen molar-refractivity contribution in [3.63, 3.8) is 0 Å². The van der Waals surface area contributed by atoms with Crippen LogP contribution in [-0.4, -0.2) is 50.0 Å². The summed E-state index contributed by atoms with van der Waals surface area (Å²) in [5, 5.41) is 0. The van der Waals surface area contributed by atoms with Crippen molar-refractivity contribution < 1.29 is 36.3 Å². The number of para-hydroxylation sites is 1. The average Bonchev–Trinajstić information content (AvgIpc) is 2.95. The Hall–Kier alpha value is -3.59. The Labute approximate surface area is 225 Å². The number of carbonyl (C=O) groups excluding carboxylic acids is 1. The zero-order chi connectivity index (χ0) is 27.6. The molecule has 1 amide bonds. The second kappa shape index (κ2) is 11.3. The summed E-state index contributed by atoms with van der Waals surface area (Å²) in [5.74, 6) is -4.05. The van der Waals surface area contributed by atoms with Gasteiger partial charge in [0, 0.05) is 25.2 Å². The van der Waals surface area contributed by atoms with Crippen LogP contribution in [0.1, 0.15) is 24.0 Å². The Balaban J connectivity index is 1.32. The maximum atomic E-state index is 14.8. The first-order valence-electron chi connectivity index (χ1n) is 13.1. The summed E-state index contributed by atoms with van der Waals surface area (Å²) in [6, 6.07) is 15.2. The number of piperidine rings is 3. The van der Waals surface area contributed by atoms with Gasteiger partial charge in [0.15, 0.2) is 23.6 Å². The van der Waals surface area contributed by atoms with Crippen LogP contribution in [0.3, 0.4) is 0 Å². The van der Waals surface area contributed by atoms with E-state index in [1.807, 2.05) is 12.1 Å². The molecule has 0 radical (unpaired) electrons. The van der Waals surface area contributed by atoms with E-state index in [1.54, 1.807) is 13.2 Å². The number of quaternary nitrogens is 1. The van der Waals surface area contributed by atoms with Crippen molar-refractivity contribution in [1.29, 1.82) is 0 Å². The number of amides is 1. The largest absolute Gasteiger partial charge is 0.497 e. The molecule has 0 spiro atoms. The molecule has 0 saturated carbocycles. The number of nitrogens with zero attached hydrogens (tertiary/aromatic N) is 2. The molecule has 3 saturated heterocycles. The van der Waals surface area contributed by atoms with Crippen LogP contribution in [0.15, 0.2) is 60.7 Å². The van der Waals surface area contributed by atoms with Crippen molar-refractivity contribution >= 4 is 11.8 Å². The van der Waals surface area contributed by atoms with Crippen LogP contribution in [0.5, 0.6) is 5.75 Å². The van der Waals surface area contributed by atoms with Crippen molar-refractivity contribution in [2.75, 3.05) is 38.2 Å². The van der Waals surface area contributed by atoms with E-state index in [0.29, 0.717) is 6.54 Å². The Morgan fingerprint density at radius 2 is 1.59 bits per heavy atom. The number of benzene rings is 3. The minimum Gasteiger partial charge on any atom is -0.497 e. The minimum atomic E-state index is -1.60. The van der Waals surface area contributed by atoms with Gasteiger partial charge in [-0.05, 0) is 47.5 Å². The lowest BCUT2D eigenvalue weighted by molar-refractivity contribution is -0.945. The molecule has 5 nitrogen and oxygen atoms in total. The fraction of sp³-hybridized carbons (Fsp3) is 0.367. The first-order chi connectivity index (χ1) is 18.8. The van der Waals surface area contributed by atoms with Gasteiger partial charge in [-0.3, -0.25) is 4.90 Å². The van der Waals surface area contributed by atoms with Crippen molar-refractivity contribution in [3.05, 3.63) is 95.1 Å². The van der Waals surface area contributed by atoms with E-state index in [0.717, 1.165) is 66.2 Å². The highest BCUT2D eigenvalue weighted by Crippen LogP contribution is 2.36. The van der Waals surface area contributed by atoms with Gasteiger partial charge < -0.3 is 14.0 Å². The Kier molecular flexibility index (Phi) is 7.79. The lowest BCUT2D eigenvalue weighted by Crippen LogP contribution is -2.65. The van der Waals surface area contributed by atoms with Crippen molar-refractivity contribution in [1.82, 2.24) is 0 Å². The molecule has 39 heavy (non-hydrogen) atoms. The van der Waals surface area contributed by atoms with Crippen LogP contribution >= 0.6 is 0 Å². The lowest BCUT2D eigenvalue weighted by atomic mass is 9.83. The molecular formula is C30H31F4N2O3+. The second-order valence-electron chi connectivity index (χ2n) is 10.5. The van der Waals surface area contributed by atoms with Crippen LogP contribution in [0.2, 0.25) is 0 Å². The normalized spacial score (nSPS) is 22.0. The van der Waals surface area contributed by atoms with Crippen LogP contribution in [0.25, 0.3) is 0 Å². The van der Waals surface area contributed by atoms with E-state index in [2.05, 4.69) is 12.1 Å². The van der Waals surface area contributed by atoms with Gasteiger partial charge in [0.25, 0.3) is 0 Å². The molecular weight excluding hydrogens is 512 g/mol. The molecule has 2 bridgehead atoms. The maximum absolute atomic E-state index is 14.8. The number of hydrogen-bond acceptors (Lipinski definition) is 3. The number of carbonyl (C=O) groups is 1. The minimum absolute atomic E-state index is 0.0245. The highest BCUT2D eigenvalue weighted by Gasteiger charge is 2.47. The summed E-state index contributed by atoms with van der Waals surface area (Å²) in [6.45, 7) is 3.17. The van der Waals surface area contributed by atoms with Gasteiger partial charge in [0.2, 0.25) is 0 Å². The molecule has 1 atom stereocenters. The fourth-order valence-electron chi connectivity index (χ4n) is 5.82. The van der Waals surface area contributed by atoms with Crippen LogP contribution in [0.4, 0.5) is 28.0 Å². The second-order valence-corrected chi connectivity index (χ2v) is 10.5. The SMILES string of the molecule is COc1ccc(CC[N+]23CCC(CC2)C(OC(=O)N(Cc2cc(F)c(F)c(F)c2)c2ccccc2F)C3)cc1. The molecule has 0 aliphatic carbocycles. The number of ether oxygens (including phenoxy) is 2. The third-order valence-electron chi connectivity index (χ3n) is 8.08. The summed E-state index contributed by atoms with van der Waals surface area (Å²) < 4.78 is 68.1. The van der Waals surface area contributed by atoms with Crippen molar-refractivity contribution in [3.8, 4) is 5.75 Å². The Bertz CT molecular complexity index is 1300. The van der Waals surface area contributed by atoms with E-state index in [1.165, 1.54) is 23.8 Å². The van der Waals surface area contributed by atoms with Gasteiger partial charge >= 0.3 is 6.09 Å². The molecule has 3 aliphatic heterocycles. The highest BCUT2D eigenvalue weighted by atomic mass is 19.2. The Morgan fingerprint density at radius 3 is 2.23 bits per heavy atom. The van der Waals surface area contributed by atoms with Gasteiger partial charge in [0.05, 0.1) is 39.0 Å². The zero-order valence-electron chi connectivity index (χ0n) is 21.7. The molecule has 9 heteroatoms. The van der Waals surface area contributed by atoms with E-state index in [9.17, 15) is 22.4 Å². The first-order valence-corrected chi connectivity index (χ1v) is 13.1. The maximum Gasteiger partial charge on any atom is 0.415 e. The molecule has 6 rings (SSSR count). The van der Waals surface area contributed by atoms with Gasteiger partial charge in [0.1, 0.15) is 18.1 Å². The number of rotatable bonds is 8. The van der Waals surface area contributed by atoms with E-state index in [-0.39, 0.29) is 29.8 Å². The third-order valence-corrected chi connectivity index (χ3v) is 8.08. The number of anilines is 1. The standard InChI is InChI=1S/C30H31F4N2O3/c1-38-23-8-6-20(7-9-23)10-13-36-14-11-22(12-15-36)28(19-36)39-30(37)35(27-5-3-2-4-24(27)31)18-21-16-25(32)29(34)26(33)17-21/h2-9,16-17,22,28H,10-15,18-19H2,1H3/q+1. The average molecular weight is 544 g/mol. The van der Waals surface area contributed by atoms with Gasteiger partial charge in [-0.15, -0.1) is 0 Å². The van der Waals surface area contributed by atoms with Gasteiger partial charge in [-0.2, -0.15) is 0 Å². The lowest BCUT2D eigenvalue weighted by Gasteiger charge is -2.52. The molecule has 3 aliphatic rings. The topological polar surface area (TPSA) is 38.8 Å². The smallest absolute Gasteiger partial charge is 0.415 e. The summed E-state index contributed by atoms with van der Waals surface area (Å²) in [4.78, 5) is 14.5. The van der Waals surface area contributed by atoms with E-state index < -0.39 is 29.4 Å². The predicted octanol–water partition coefficient (Wildman–Crippen LogP) is 6.25. The zero-order valence-corrected chi connectivity index (χ0v) is 21.7. The molecule has 3 fully saturated rings. The molecule has 1 unspecified atom stereocenters. The van der Waals surface area contributed by atoms with Gasteiger partial charge in [-0.1, -0.05) is 24.3 Å².